The normalized spacial score (nSPS) is 10.7. The maximum absolute atomic E-state index is 10.5. The molecule has 0 atom stereocenters. The van der Waals surface area contributed by atoms with E-state index < -0.39 is 0 Å². The third kappa shape index (κ3) is 2.67. The quantitative estimate of drug-likeness (QED) is 0.612. The second-order valence-corrected chi connectivity index (χ2v) is 5.46. The zero-order valence-electron chi connectivity index (χ0n) is 9.90. The Bertz CT molecular complexity index is 549. The lowest BCUT2D eigenvalue weighted by molar-refractivity contribution is -0.107. The van der Waals surface area contributed by atoms with E-state index in [-0.39, 0.29) is 0 Å². The molecule has 2 aromatic rings. The lowest BCUT2D eigenvalue weighted by atomic mass is 10.1. The minimum atomic E-state index is 0.495. The zero-order chi connectivity index (χ0) is 12.3. The topological polar surface area (TPSA) is 17.1 Å². The van der Waals surface area contributed by atoms with E-state index in [0.717, 1.165) is 11.8 Å². The van der Waals surface area contributed by atoms with Gasteiger partial charge in [0.25, 0.3) is 0 Å². The number of hydrogen-bond acceptors (Lipinski definition) is 3. The van der Waals surface area contributed by atoms with E-state index in [0.29, 0.717) is 6.42 Å². The first-order chi connectivity index (χ1) is 8.28. The third-order valence-corrected chi connectivity index (χ3v) is 4.41. The van der Waals surface area contributed by atoms with E-state index in [9.17, 15) is 4.79 Å². The molecule has 0 aliphatic rings. The second kappa shape index (κ2) is 5.61. The first-order valence-electron chi connectivity index (χ1n) is 5.36. The summed E-state index contributed by atoms with van der Waals surface area (Å²) in [7, 11) is 0. The van der Waals surface area contributed by atoms with Crippen LogP contribution < -0.4 is 0 Å². The molecule has 0 saturated heterocycles. The van der Waals surface area contributed by atoms with Crippen molar-refractivity contribution in [1.29, 1.82) is 0 Å². The number of thioether (sulfide) groups is 2. The van der Waals surface area contributed by atoms with Gasteiger partial charge in [-0.05, 0) is 41.0 Å². The SMILES string of the molecule is CSc1cc2ccc(CC=O)cc2cc1SC. The van der Waals surface area contributed by atoms with Gasteiger partial charge < -0.3 is 4.79 Å². The Morgan fingerprint density at radius 1 is 1.00 bits per heavy atom. The fraction of sp³-hybridized carbons (Fsp3) is 0.214. The molecule has 0 amide bonds. The largest absolute Gasteiger partial charge is 0.303 e. The lowest BCUT2D eigenvalue weighted by Gasteiger charge is -2.08. The minimum absolute atomic E-state index is 0.495. The van der Waals surface area contributed by atoms with Gasteiger partial charge in [-0.1, -0.05) is 18.2 Å². The molecule has 0 bridgehead atoms. The van der Waals surface area contributed by atoms with Crippen LogP contribution in [0.5, 0.6) is 0 Å². The Morgan fingerprint density at radius 3 is 2.24 bits per heavy atom. The van der Waals surface area contributed by atoms with Gasteiger partial charge in [-0.2, -0.15) is 0 Å². The number of aldehydes is 1. The average Bonchev–Trinajstić information content (AvgIpc) is 2.37. The van der Waals surface area contributed by atoms with Crippen molar-refractivity contribution in [2.24, 2.45) is 0 Å². The van der Waals surface area contributed by atoms with E-state index in [1.165, 1.54) is 20.6 Å². The highest BCUT2D eigenvalue weighted by Gasteiger charge is 2.04. The molecule has 0 spiro atoms. The van der Waals surface area contributed by atoms with Crippen LogP contribution in [0.25, 0.3) is 10.8 Å². The molecular formula is C14H14OS2. The van der Waals surface area contributed by atoms with Crippen molar-refractivity contribution >= 4 is 40.6 Å². The fourth-order valence-corrected chi connectivity index (χ4v) is 3.36. The predicted octanol–water partition coefficient (Wildman–Crippen LogP) is 4.03. The third-order valence-electron chi connectivity index (χ3n) is 2.73. The molecule has 1 nitrogen and oxygen atoms in total. The number of hydrogen-bond donors (Lipinski definition) is 0. The Kier molecular flexibility index (Phi) is 4.13. The summed E-state index contributed by atoms with van der Waals surface area (Å²) in [4.78, 5) is 13.1. The van der Waals surface area contributed by atoms with Gasteiger partial charge in [-0.25, -0.2) is 0 Å². The molecule has 0 saturated carbocycles. The Hall–Kier alpha value is -0.930. The van der Waals surface area contributed by atoms with Crippen LogP contribution in [-0.4, -0.2) is 18.8 Å². The first-order valence-corrected chi connectivity index (χ1v) is 7.81. The summed E-state index contributed by atoms with van der Waals surface area (Å²) in [6, 6.07) is 10.7. The molecular weight excluding hydrogens is 248 g/mol. The molecule has 2 rings (SSSR count). The molecule has 0 radical (unpaired) electrons. The summed E-state index contributed by atoms with van der Waals surface area (Å²) in [5.41, 5.74) is 1.08. The molecule has 17 heavy (non-hydrogen) atoms. The van der Waals surface area contributed by atoms with E-state index in [2.05, 4.69) is 36.8 Å². The van der Waals surface area contributed by atoms with Crippen LogP contribution in [0.1, 0.15) is 5.56 Å². The van der Waals surface area contributed by atoms with Crippen molar-refractivity contribution < 1.29 is 4.79 Å². The van der Waals surface area contributed by atoms with Gasteiger partial charge in [0.15, 0.2) is 0 Å². The van der Waals surface area contributed by atoms with E-state index in [4.69, 9.17) is 0 Å². The van der Waals surface area contributed by atoms with Crippen molar-refractivity contribution in [2.75, 3.05) is 12.5 Å². The molecule has 88 valence electrons. The van der Waals surface area contributed by atoms with Crippen LogP contribution >= 0.6 is 23.5 Å². The summed E-state index contributed by atoms with van der Waals surface area (Å²) in [5.74, 6) is 0. The first kappa shape index (κ1) is 12.5. The molecule has 0 aliphatic carbocycles. The van der Waals surface area contributed by atoms with Crippen LogP contribution in [0, 0.1) is 0 Å². The van der Waals surface area contributed by atoms with Gasteiger partial charge in [-0.3, -0.25) is 0 Å². The molecule has 0 fully saturated rings. The van der Waals surface area contributed by atoms with Gasteiger partial charge in [0.05, 0.1) is 0 Å². The number of rotatable bonds is 4. The summed E-state index contributed by atoms with van der Waals surface area (Å²) in [6.45, 7) is 0. The average molecular weight is 262 g/mol. The standard InChI is InChI=1S/C14H14OS2/c1-16-13-8-11-4-3-10(5-6-15)7-12(11)9-14(13)17-2/h3-4,6-9H,5H2,1-2H3. The summed E-state index contributed by atoms with van der Waals surface area (Å²) < 4.78 is 0. The smallest absolute Gasteiger partial charge is 0.124 e. The fourth-order valence-electron chi connectivity index (χ4n) is 1.85. The number of carbonyl (C=O) groups is 1. The Labute approximate surface area is 110 Å². The van der Waals surface area contributed by atoms with Gasteiger partial charge in [-0.15, -0.1) is 23.5 Å². The maximum atomic E-state index is 10.5. The Morgan fingerprint density at radius 2 is 1.65 bits per heavy atom. The highest BCUT2D eigenvalue weighted by atomic mass is 32.2. The highest BCUT2D eigenvalue weighted by molar-refractivity contribution is 8.01. The molecule has 0 aliphatic heterocycles. The summed E-state index contributed by atoms with van der Waals surface area (Å²) >= 11 is 3.54. The van der Waals surface area contributed by atoms with E-state index in [1.54, 1.807) is 23.5 Å². The van der Waals surface area contributed by atoms with Gasteiger partial charge in [0, 0.05) is 16.2 Å². The molecule has 0 aromatic heterocycles. The van der Waals surface area contributed by atoms with Gasteiger partial charge in [0.1, 0.15) is 6.29 Å². The van der Waals surface area contributed by atoms with Crippen LogP contribution in [0.15, 0.2) is 40.1 Å². The molecule has 2 aromatic carbocycles. The molecule has 3 heteroatoms. The van der Waals surface area contributed by atoms with Crippen molar-refractivity contribution in [2.45, 2.75) is 16.2 Å². The van der Waals surface area contributed by atoms with Crippen molar-refractivity contribution in [3.63, 3.8) is 0 Å². The van der Waals surface area contributed by atoms with E-state index >= 15 is 0 Å². The van der Waals surface area contributed by atoms with Crippen LogP contribution in [0.2, 0.25) is 0 Å². The number of carbonyl (C=O) groups excluding carboxylic acids is 1. The summed E-state index contributed by atoms with van der Waals surface area (Å²) in [6.07, 6.45) is 5.64. The lowest BCUT2D eigenvalue weighted by Crippen LogP contribution is -1.87. The monoisotopic (exact) mass is 262 g/mol. The molecule has 0 unspecified atom stereocenters. The van der Waals surface area contributed by atoms with Crippen LogP contribution in [0.4, 0.5) is 0 Å². The molecule has 0 N–H and O–H groups in total. The second-order valence-electron chi connectivity index (χ2n) is 3.76. The van der Waals surface area contributed by atoms with Crippen molar-refractivity contribution in [3.8, 4) is 0 Å². The predicted molar refractivity (Wildman–Crippen MR) is 77.3 cm³/mol. The molecule has 0 heterocycles. The van der Waals surface area contributed by atoms with Gasteiger partial charge in [0.2, 0.25) is 0 Å². The van der Waals surface area contributed by atoms with Crippen molar-refractivity contribution in [1.82, 2.24) is 0 Å². The van der Waals surface area contributed by atoms with E-state index in [1.807, 2.05) is 6.07 Å². The van der Waals surface area contributed by atoms with Crippen LogP contribution in [-0.2, 0) is 11.2 Å². The van der Waals surface area contributed by atoms with Gasteiger partial charge >= 0.3 is 0 Å². The highest BCUT2D eigenvalue weighted by Crippen LogP contribution is 2.32. The van der Waals surface area contributed by atoms with Crippen molar-refractivity contribution in [3.05, 3.63) is 35.9 Å². The Balaban J connectivity index is 2.57. The summed E-state index contributed by atoms with van der Waals surface area (Å²) in [5, 5.41) is 2.45. The minimum Gasteiger partial charge on any atom is -0.303 e. The van der Waals surface area contributed by atoms with Crippen LogP contribution in [0.3, 0.4) is 0 Å². The zero-order valence-corrected chi connectivity index (χ0v) is 11.5. The number of fused-ring (bicyclic) bond motifs is 1. The number of benzene rings is 2. The maximum Gasteiger partial charge on any atom is 0.124 e.